The molecule has 1 atom stereocenters. The van der Waals surface area contributed by atoms with Gasteiger partial charge < -0.3 is 31.1 Å². The highest BCUT2D eigenvalue weighted by molar-refractivity contribution is 5.96. The molecular weight excluding hydrogens is 508 g/mol. The number of aromatic hydroxyl groups is 1. The number of rotatable bonds is 11. The molecule has 206 valence electrons. The maximum Gasteiger partial charge on any atom is 0.407 e. The second-order valence-electron chi connectivity index (χ2n) is 9.23. The molecule has 5 N–H and O–H groups in total. The number of alkyl carbamates (subject to hydrolysis) is 1. The summed E-state index contributed by atoms with van der Waals surface area (Å²) in [5, 5.41) is 22.5. The van der Waals surface area contributed by atoms with E-state index in [0.717, 1.165) is 21.9 Å². The van der Waals surface area contributed by atoms with Crippen LogP contribution < -0.4 is 21.3 Å². The van der Waals surface area contributed by atoms with Crippen molar-refractivity contribution in [3.05, 3.63) is 108 Å². The minimum atomic E-state index is -0.847. The van der Waals surface area contributed by atoms with Gasteiger partial charge in [-0.25, -0.2) is 9.59 Å². The van der Waals surface area contributed by atoms with Crippen molar-refractivity contribution in [2.45, 2.75) is 32.0 Å². The second-order valence-corrected chi connectivity index (χ2v) is 9.23. The minimum absolute atomic E-state index is 0.134. The zero-order valence-electron chi connectivity index (χ0n) is 21.9. The highest BCUT2D eigenvalue weighted by Crippen LogP contribution is 2.19. The van der Waals surface area contributed by atoms with Crippen LogP contribution in [0.4, 0.5) is 15.3 Å². The van der Waals surface area contributed by atoms with Crippen LogP contribution in [0.15, 0.2) is 97.1 Å². The predicted octanol–water partition coefficient (Wildman–Crippen LogP) is 5.06. The highest BCUT2D eigenvalue weighted by Gasteiger charge is 2.21. The van der Waals surface area contributed by atoms with Crippen LogP contribution in [0.1, 0.15) is 24.0 Å². The molecule has 0 aromatic heterocycles. The molecule has 9 nitrogen and oxygen atoms in total. The number of carbonyl (C=O) groups is 3. The van der Waals surface area contributed by atoms with Gasteiger partial charge in [0.1, 0.15) is 18.4 Å². The smallest absolute Gasteiger partial charge is 0.407 e. The first-order chi connectivity index (χ1) is 19.5. The van der Waals surface area contributed by atoms with Crippen LogP contribution in [0.25, 0.3) is 10.8 Å². The lowest BCUT2D eigenvalue weighted by Gasteiger charge is -2.19. The lowest BCUT2D eigenvalue weighted by atomic mass is 10.1. The van der Waals surface area contributed by atoms with Crippen LogP contribution in [0, 0.1) is 0 Å². The molecule has 0 heterocycles. The first-order valence-corrected chi connectivity index (χ1v) is 13.0. The van der Waals surface area contributed by atoms with Crippen LogP contribution in [-0.2, 0) is 22.7 Å². The molecule has 4 aromatic carbocycles. The van der Waals surface area contributed by atoms with Gasteiger partial charge in [0.2, 0.25) is 5.91 Å². The number of ether oxygens (including phenoxy) is 1. The molecule has 0 bridgehead atoms. The van der Waals surface area contributed by atoms with Crippen LogP contribution >= 0.6 is 0 Å². The third-order valence-corrected chi connectivity index (χ3v) is 6.18. The third kappa shape index (κ3) is 8.76. The van der Waals surface area contributed by atoms with Gasteiger partial charge in [-0.05, 0) is 59.0 Å². The Hall–Kier alpha value is -5.05. The molecule has 0 aliphatic heterocycles. The Kier molecular flexibility index (Phi) is 9.93. The molecule has 1 unspecified atom stereocenters. The van der Waals surface area contributed by atoms with E-state index in [2.05, 4.69) is 21.3 Å². The number of anilines is 1. The Balaban J connectivity index is 1.30. The summed E-state index contributed by atoms with van der Waals surface area (Å²) in [4.78, 5) is 37.9. The number of phenols is 1. The molecule has 0 aliphatic rings. The normalized spacial score (nSPS) is 11.3. The fourth-order valence-electron chi connectivity index (χ4n) is 4.06. The molecule has 9 heteroatoms. The summed E-state index contributed by atoms with van der Waals surface area (Å²) in [6.07, 6.45) is 0.152. The van der Waals surface area contributed by atoms with Crippen molar-refractivity contribution in [3.63, 3.8) is 0 Å². The Morgan fingerprint density at radius 2 is 1.50 bits per heavy atom. The molecule has 0 aliphatic carbocycles. The van der Waals surface area contributed by atoms with E-state index in [-0.39, 0.29) is 37.8 Å². The number of amides is 4. The number of urea groups is 1. The van der Waals surface area contributed by atoms with Crippen LogP contribution in [0.2, 0.25) is 0 Å². The van der Waals surface area contributed by atoms with Gasteiger partial charge in [-0.1, -0.05) is 72.8 Å². The quantitative estimate of drug-likeness (QED) is 0.170. The summed E-state index contributed by atoms with van der Waals surface area (Å²) >= 11 is 0. The molecule has 40 heavy (non-hydrogen) atoms. The van der Waals surface area contributed by atoms with Gasteiger partial charge in [-0.3, -0.25) is 4.79 Å². The van der Waals surface area contributed by atoms with Gasteiger partial charge in [0.15, 0.2) is 0 Å². The van der Waals surface area contributed by atoms with Crippen molar-refractivity contribution in [2.75, 3.05) is 11.9 Å². The summed E-state index contributed by atoms with van der Waals surface area (Å²) < 4.78 is 5.21. The molecule has 0 saturated carbocycles. The number of fused-ring (bicyclic) bond motifs is 1. The summed E-state index contributed by atoms with van der Waals surface area (Å²) in [5.41, 5.74) is 2.28. The van der Waals surface area contributed by atoms with E-state index in [9.17, 15) is 19.5 Å². The number of hydrogen-bond donors (Lipinski definition) is 5. The molecular formula is C31H32N4O5. The maximum atomic E-state index is 13.0. The molecule has 4 rings (SSSR count). The minimum Gasteiger partial charge on any atom is -0.508 e. The summed E-state index contributed by atoms with van der Waals surface area (Å²) in [5.74, 6) is -0.233. The predicted molar refractivity (Wildman–Crippen MR) is 154 cm³/mol. The first-order valence-electron chi connectivity index (χ1n) is 13.0. The van der Waals surface area contributed by atoms with Gasteiger partial charge in [0, 0.05) is 18.8 Å². The molecule has 0 radical (unpaired) electrons. The van der Waals surface area contributed by atoms with Crippen molar-refractivity contribution in [3.8, 4) is 5.75 Å². The molecule has 0 saturated heterocycles. The van der Waals surface area contributed by atoms with Crippen LogP contribution in [0.3, 0.4) is 0 Å². The number of benzene rings is 4. The van der Waals surface area contributed by atoms with Gasteiger partial charge in [0.05, 0.1) is 0 Å². The van der Waals surface area contributed by atoms with E-state index in [1.54, 1.807) is 18.2 Å². The number of phenolic OH excluding ortho intramolecular Hbond substituents is 1. The largest absolute Gasteiger partial charge is 0.508 e. The molecule has 0 spiro atoms. The SMILES string of the molecule is O=C(Nc1ccc2ccccc2c1)NC(CCCNC(=O)OCc1ccccc1)C(=O)NCc1ccc(O)cc1. The lowest BCUT2D eigenvalue weighted by Crippen LogP contribution is -2.48. The highest BCUT2D eigenvalue weighted by atomic mass is 16.5. The van der Waals surface area contributed by atoms with E-state index < -0.39 is 18.2 Å². The molecule has 4 aromatic rings. The van der Waals surface area contributed by atoms with E-state index in [1.807, 2.05) is 66.7 Å². The standard InChI is InChI=1S/C31H32N4O5/c36-27-16-12-22(13-17-27)20-33-29(37)28(11-6-18-32-31(39)40-21-23-7-2-1-3-8-23)35-30(38)34-26-15-14-24-9-4-5-10-25(24)19-26/h1-5,7-10,12-17,19,28,36H,6,11,18,20-21H2,(H,32,39)(H,33,37)(H2,34,35,38). The maximum absolute atomic E-state index is 13.0. The van der Waals surface area contributed by atoms with E-state index >= 15 is 0 Å². The fourth-order valence-corrected chi connectivity index (χ4v) is 4.06. The van der Waals surface area contributed by atoms with Crippen molar-refractivity contribution in [2.24, 2.45) is 0 Å². The molecule has 0 fully saturated rings. The van der Waals surface area contributed by atoms with Crippen molar-refractivity contribution < 1.29 is 24.2 Å². The number of carbonyl (C=O) groups excluding carboxylic acids is 3. The second kappa shape index (κ2) is 14.2. The van der Waals surface area contributed by atoms with Crippen molar-refractivity contribution in [1.29, 1.82) is 0 Å². The first kappa shape index (κ1) is 28.0. The van der Waals surface area contributed by atoms with Gasteiger partial charge in [-0.15, -0.1) is 0 Å². The van der Waals surface area contributed by atoms with Crippen molar-refractivity contribution in [1.82, 2.24) is 16.0 Å². The number of hydrogen-bond acceptors (Lipinski definition) is 5. The Morgan fingerprint density at radius 3 is 2.27 bits per heavy atom. The lowest BCUT2D eigenvalue weighted by molar-refractivity contribution is -0.123. The Morgan fingerprint density at radius 1 is 0.775 bits per heavy atom. The van der Waals surface area contributed by atoms with E-state index in [1.165, 1.54) is 12.1 Å². The average Bonchev–Trinajstić information content (AvgIpc) is 2.97. The summed E-state index contributed by atoms with van der Waals surface area (Å²) in [7, 11) is 0. The summed E-state index contributed by atoms with van der Waals surface area (Å²) in [6, 6.07) is 27.8. The van der Waals surface area contributed by atoms with Crippen LogP contribution in [0.5, 0.6) is 5.75 Å². The number of nitrogens with one attached hydrogen (secondary N) is 4. The summed E-state index contributed by atoms with van der Waals surface area (Å²) in [6.45, 7) is 0.655. The fraction of sp³-hybridized carbons (Fsp3) is 0.194. The van der Waals surface area contributed by atoms with Gasteiger partial charge in [0.25, 0.3) is 0 Å². The Labute approximate surface area is 232 Å². The van der Waals surface area contributed by atoms with Gasteiger partial charge >= 0.3 is 12.1 Å². The average molecular weight is 541 g/mol. The zero-order valence-corrected chi connectivity index (χ0v) is 21.9. The van der Waals surface area contributed by atoms with Crippen molar-refractivity contribution >= 4 is 34.5 Å². The van der Waals surface area contributed by atoms with Gasteiger partial charge in [-0.2, -0.15) is 0 Å². The molecule has 4 amide bonds. The van der Waals surface area contributed by atoms with Crippen LogP contribution in [-0.4, -0.2) is 35.7 Å². The zero-order chi connectivity index (χ0) is 28.2. The third-order valence-electron chi connectivity index (χ3n) is 6.18. The Bertz CT molecular complexity index is 1430. The van der Waals surface area contributed by atoms with E-state index in [0.29, 0.717) is 12.1 Å². The monoisotopic (exact) mass is 540 g/mol. The van der Waals surface area contributed by atoms with E-state index in [4.69, 9.17) is 4.74 Å². The topological polar surface area (TPSA) is 129 Å².